The molecule has 4 rings (SSSR count). The summed E-state index contributed by atoms with van der Waals surface area (Å²) in [7, 11) is 0. The van der Waals surface area contributed by atoms with Crippen LogP contribution < -0.4 is 5.32 Å². The molecule has 1 unspecified atom stereocenters. The second kappa shape index (κ2) is 7.63. The molecule has 0 saturated carbocycles. The van der Waals surface area contributed by atoms with E-state index in [1.807, 2.05) is 66.9 Å². The number of nitrogens with one attached hydrogen (secondary N) is 1. The van der Waals surface area contributed by atoms with E-state index in [0.29, 0.717) is 23.1 Å². The lowest BCUT2D eigenvalue weighted by atomic mass is 10.0. The van der Waals surface area contributed by atoms with Crippen LogP contribution in [0.5, 0.6) is 0 Å². The number of benzene rings is 1. The summed E-state index contributed by atoms with van der Waals surface area (Å²) in [6, 6.07) is 16.9. The van der Waals surface area contributed by atoms with Crippen molar-refractivity contribution in [2.45, 2.75) is 19.4 Å². The minimum atomic E-state index is -0.349. The van der Waals surface area contributed by atoms with Gasteiger partial charge < -0.3 is 14.2 Å². The molecule has 0 spiro atoms. The third-order valence-corrected chi connectivity index (χ3v) is 5.08. The molecule has 136 valence electrons. The largest absolute Gasteiger partial charge is 0.467 e. The Bertz CT molecular complexity index is 1010. The summed E-state index contributed by atoms with van der Waals surface area (Å²) in [4.78, 5) is 18.1. The van der Waals surface area contributed by atoms with Gasteiger partial charge >= 0.3 is 0 Å². The molecule has 1 amide bonds. The number of carbonyl (C=O) groups excluding carboxylic acids is 1. The highest BCUT2D eigenvalue weighted by Crippen LogP contribution is 2.27. The van der Waals surface area contributed by atoms with Crippen LogP contribution in [0.3, 0.4) is 0 Å². The van der Waals surface area contributed by atoms with Gasteiger partial charge in [0, 0.05) is 0 Å². The van der Waals surface area contributed by atoms with Crippen molar-refractivity contribution >= 4 is 17.2 Å². The van der Waals surface area contributed by atoms with Crippen molar-refractivity contribution in [2.24, 2.45) is 0 Å². The number of carbonyl (C=O) groups is 1. The molecule has 1 N–H and O–H groups in total. The lowest BCUT2D eigenvalue weighted by Gasteiger charge is -2.17. The van der Waals surface area contributed by atoms with Crippen LogP contribution in [0, 0.1) is 6.92 Å². The van der Waals surface area contributed by atoms with Gasteiger partial charge in [-0.05, 0) is 36.1 Å². The van der Waals surface area contributed by atoms with E-state index in [-0.39, 0.29) is 18.4 Å². The van der Waals surface area contributed by atoms with E-state index in [9.17, 15) is 4.79 Å². The number of aromatic nitrogens is 1. The Hall–Kier alpha value is -3.12. The second-order valence-corrected chi connectivity index (χ2v) is 7.05. The minimum Gasteiger partial charge on any atom is -0.467 e. The van der Waals surface area contributed by atoms with Crippen LogP contribution >= 0.6 is 11.3 Å². The fraction of sp³-hybridized carbons (Fsp3) is 0.143. The Labute approximate surface area is 160 Å². The first-order valence-electron chi connectivity index (χ1n) is 8.58. The van der Waals surface area contributed by atoms with E-state index in [4.69, 9.17) is 8.83 Å². The zero-order valence-electron chi connectivity index (χ0n) is 14.7. The molecule has 4 aromatic rings. The molecule has 0 aliphatic rings. The lowest BCUT2D eigenvalue weighted by molar-refractivity contribution is -0.121. The molecule has 0 radical (unpaired) electrons. The standard InChI is InChI=1S/C21H18N2O3S/c1-14-16(22-21(26-14)18-10-6-12-27-18)13-19(24)23-20(17-9-5-11-25-17)15-7-3-2-4-8-15/h2-12,20H,13H2,1H3,(H,23,24). The molecule has 3 heterocycles. The van der Waals surface area contributed by atoms with Gasteiger partial charge in [0.2, 0.25) is 11.8 Å². The fourth-order valence-corrected chi connectivity index (χ4v) is 3.53. The Balaban J connectivity index is 1.52. The van der Waals surface area contributed by atoms with Gasteiger partial charge in [0.25, 0.3) is 0 Å². The molecule has 3 aromatic heterocycles. The number of amides is 1. The molecule has 0 bridgehead atoms. The zero-order valence-corrected chi connectivity index (χ0v) is 15.5. The molecule has 0 fully saturated rings. The van der Waals surface area contributed by atoms with Crippen molar-refractivity contribution in [3.05, 3.63) is 89.0 Å². The maximum absolute atomic E-state index is 12.7. The normalized spacial score (nSPS) is 12.0. The van der Waals surface area contributed by atoms with E-state index in [1.165, 1.54) is 0 Å². The van der Waals surface area contributed by atoms with E-state index < -0.39 is 0 Å². The first kappa shape index (κ1) is 17.3. The first-order valence-corrected chi connectivity index (χ1v) is 9.46. The maximum atomic E-state index is 12.7. The van der Waals surface area contributed by atoms with Gasteiger partial charge in [0.05, 0.1) is 23.3 Å². The summed E-state index contributed by atoms with van der Waals surface area (Å²) in [5.41, 5.74) is 1.60. The van der Waals surface area contributed by atoms with Crippen LogP contribution in [0.1, 0.15) is 28.8 Å². The average molecular weight is 378 g/mol. The zero-order chi connectivity index (χ0) is 18.6. The van der Waals surface area contributed by atoms with Crippen molar-refractivity contribution < 1.29 is 13.6 Å². The van der Waals surface area contributed by atoms with Crippen LogP contribution in [-0.2, 0) is 11.2 Å². The van der Waals surface area contributed by atoms with Gasteiger partial charge in [-0.15, -0.1) is 11.3 Å². The van der Waals surface area contributed by atoms with Gasteiger partial charge in [-0.25, -0.2) is 4.98 Å². The molecular weight excluding hydrogens is 360 g/mol. The Morgan fingerprint density at radius 3 is 2.70 bits per heavy atom. The number of aryl methyl sites for hydroxylation is 1. The molecule has 0 aliphatic heterocycles. The Morgan fingerprint density at radius 1 is 1.15 bits per heavy atom. The van der Waals surface area contributed by atoms with E-state index in [2.05, 4.69) is 10.3 Å². The van der Waals surface area contributed by atoms with E-state index in [0.717, 1.165) is 10.4 Å². The number of rotatable bonds is 6. The van der Waals surface area contributed by atoms with Crippen molar-refractivity contribution in [3.63, 3.8) is 0 Å². The number of nitrogens with zero attached hydrogens (tertiary/aromatic N) is 1. The molecule has 1 aromatic carbocycles. The molecule has 5 nitrogen and oxygen atoms in total. The third kappa shape index (κ3) is 3.85. The highest BCUT2D eigenvalue weighted by atomic mass is 32.1. The highest BCUT2D eigenvalue weighted by Gasteiger charge is 2.21. The summed E-state index contributed by atoms with van der Waals surface area (Å²) in [5.74, 6) is 1.75. The Morgan fingerprint density at radius 2 is 2.00 bits per heavy atom. The number of hydrogen-bond donors (Lipinski definition) is 1. The monoisotopic (exact) mass is 378 g/mol. The highest BCUT2D eigenvalue weighted by molar-refractivity contribution is 7.13. The van der Waals surface area contributed by atoms with Gasteiger partial charge in [-0.2, -0.15) is 0 Å². The van der Waals surface area contributed by atoms with Crippen LogP contribution in [0.4, 0.5) is 0 Å². The summed E-state index contributed by atoms with van der Waals surface area (Å²) in [6.07, 6.45) is 1.75. The number of furan rings is 1. The van der Waals surface area contributed by atoms with Gasteiger partial charge in [0.15, 0.2) is 0 Å². The fourth-order valence-electron chi connectivity index (χ4n) is 2.88. The van der Waals surface area contributed by atoms with Crippen molar-refractivity contribution in [1.82, 2.24) is 10.3 Å². The lowest BCUT2D eigenvalue weighted by Crippen LogP contribution is -2.30. The van der Waals surface area contributed by atoms with Crippen LogP contribution in [0.2, 0.25) is 0 Å². The van der Waals surface area contributed by atoms with Crippen LogP contribution in [0.25, 0.3) is 10.8 Å². The van der Waals surface area contributed by atoms with Crippen molar-refractivity contribution in [1.29, 1.82) is 0 Å². The average Bonchev–Trinajstić information content (AvgIpc) is 3.43. The second-order valence-electron chi connectivity index (χ2n) is 6.10. The Kier molecular flexibility index (Phi) is 4.89. The summed E-state index contributed by atoms with van der Waals surface area (Å²) < 4.78 is 11.3. The molecule has 27 heavy (non-hydrogen) atoms. The topological polar surface area (TPSA) is 68.3 Å². The predicted molar refractivity (Wildman–Crippen MR) is 103 cm³/mol. The molecule has 1 atom stereocenters. The third-order valence-electron chi connectivity index (χ3n) is 4.22. The SMILES string of the molecule is Cc1oc(-c2cccs2)nc1CC(=O)NC(c1ccccc1)c1ccco1. The van der Waals surface area contributed by atoms with Gasteiger partial charge in [-0.1, -0.05) is 36.4 Å². The quantitative estimate of drug-likeness (QED) is 0.526. The molecule has 0 aliphatic carbocycles. The van der Waals surface area contributed by atoms with Crippen LogP contribution in [-0.4, -0.2) is 10.9 Å². The summed E-state index contributed by atoms with van der Waals surface area (Å²) >= 11 is 1.55. The number of oxazole rings is 1. The van der Waals surface area contributed by atoms with Crippen molar-refractivity contribution in [3.8, 4) is 10.8 Å². The number of hydrogen-bond acceptors (Lipinski definition) is 5. The van der Waals surface area contributed by atoms with E-state index in [1.54, 1.807) is 17.6 Å². The summed E-state index contributed by atoms with van der Waals surface area (Å²) in [5, 5.41) is 5.01. The van der Waals surface area contributed by atoms with Crippen molar-refractivity contribution in [2.75, 3.05) is 0 Å². The predicted octanol–water partition coefficient (Wildman–Crippen LogP) is 4.75. The minimum absolute atomic E-state index is 0.144. The smallest absolute Gasteiger partial charge is 0.236 e. The number of thiophene rings is 1. The molecule has 0 saturated heterocycles. The van der Waals surface area contributed by atoms with Gasteiger partial charge in [-0.3, -0.25) is 4.79 Å². The first-order chi connectivity index (χ1) is 13.2. The maximum Gasteiger partial charge on any atom is 0.236 e. The van der Waals surface area contributed by atoms with Gasteiger partial charge in [0.1, 0.15) is 17.6 Å². The van der Waals surface area contributed by atoms with Crippen LogP contribution in [0.15, 0.2) is 75.1 Å². The molecular formula is C21H18N2O3S. The molecule has 6 heteroatoms. The van der Waals surface area contributed by atoms with E-state index >= 15 is 0 Å². The summed E-state index contributed by atoms with van der Waals surface area (Å²) in [6.45, 7) is 1.83.